The van der Waals surface area contributed by atoms with Crippen LogP contribution < -0.4 is 19.5 Å². The van der Waals surface area contributed by atoms with Crippen LogP contribution in [0.3, 0.4) is 0 Å². The molecule has 3 aromatic rings. The van der Waals surface area contributed by atoms with E-state index in [1.165, 1.54) is 0 Å². The molecule has 0 aliphatic heterocycles. The number of aryl methyl sites for hydroxylation is 1. The van der Waals surface area contributed by atoms with Gasteiger partial charge in [-0.05, 0) is 55.0 Å². The van der Waals surface area contributed by atoms with Crippen LogP contribution in [0.25, 0.3) is 10.9 Å². The zero-order chi connectivity index (χ0) is 18.5. The summed E-state index contributed by atoms with van der Waals surface area (Å²) in [4.78, 5) is 15.6. The lowest BCUT2D eigenvalue weighted by molar-refractivity contribution is 0.0942. The Kier molecular flexibility index (Phi) is 5.31. The molecule has 0 bridgehead atoms. The summed E-state index contributed by atoms with van der Waals surface area (Å²) < 4.78 is 16.0. The fraction of sp³-hybridized carbons (Fsp3) is 0.250. The number of hydrogen-bond donors (Lipinski definition) is 2. The minimum Gasteiger partial charge on any atom is -0.497 e. The third-order valence-corrected chi connectivity index (χ3v) is 4.21. The highest BCUT2D eigenvalue weighted by Gasteiger charge is 2.14. The number of benzene rings is 2. The van der Waals surface area contributed by atoms with Gasteiger partial charge in [-0.1, -0.05) is 0 Å². The van der Waals surface area contributed by atoms with Crippen LogP contribution in [-0.4, -0.2) is 38.3 Å². The zero-order valence-corrected chi connectivity index (χ0v) is 15.1. The monoisotopic (exact) mass is 354 g/mol. The molecule has 3 rings (SSSR count). The van der Waals surface area contributed by atoms with Crippen LogP contribution in [0.2, 0.25) is 0 Å². The summed E-state index contributed by atoms with van der Waals surface area (Å²) in [5.74, 6) is 2.11. The molecule has 0 aliphatic carbocycles. The van der Waals surface area contributed by atoms with Gasteiger partial charge in [0.05, 0.1) is 20.8 Å². The first-order chi connectivity index (χ1) is 12.6. The maximum Gasteiger partial charge on any atom is 0.268 e. The lowest BCUT2D eigenvalue weighted by Gasteiger charge is -2.08. The van der Waals surface area contributed by atoms with Gasteiger partial charge in [-0.3, -0.25) is 4.79 Å². The van der Waals surface area contributed by atoms with Crippen LogP contribution in [0.15, 0.2) is 42.5 Å². The van der Waals surface area contributed by atoms with Gasteiger partial charge in [0, 0.05) is 10.9 Å². The highest BCUT2D eigenvalue weighted by Crippen LogP contribution is 2.26. The van der Waals surface area contributed by atoms with Crippen LogP contribution in [-0.2, 0) is 0 Å². The summed E-state index contributed by atoms with van der Waals surface area (Å²) in [5, 5.41) is 3.85. The Morgan fingerprint density at radius 3 is 2.35 bits per heavy atom. The quantitative estimate of drug-likeness (QED) is 0.639. The summed E-state index contributed by atoms with van der Waals surface area (Å²) in [7, 11) is 3.24. The SMILES string of the molecule is COc1ccc(OCCNC(=O)c2[nH]c3ccc(OC)cc3c2C)cc1. The number of fused-ring (bicyclic) bond motifs is 1. The Bertz CT molecular complexity index is 900. The van der Waals surface area contributed by atoms with Crippen molar-refractivity contribution < 1.29 is 19.0 Å². The lowest BCUT2D eigenvalue weighted by Crippen LogP contribution is -2.28. The van der Waals surface area contributed by atoms with Crippen molar-refractivity contribution in [3.8, 4) is 17.2 Å². The van der Waals surface area contributed by atoms with Gasteiger partial charge in [0.15, 0.2) is 0 Å². The number of ether oxygens (including phenoxy) is 3. The van der Waals surface area contributed by atoms with E-state index in [0.717, 1.165) is 33.7 Å². The molecular weight excluding hydrogens is 332 g/mol. The average molecular weight is 354 g/mol. The average Bonchev–Trinajstić information content (AvgIpc) is 3.01. The van der Waals surface area contributed by atoms with Gasteiger partial charge >= 0.3 is 0 Å². The molecule has 0 saturated heterocycles. The molecule has 26 heavy (non-hydrogen) atoms. The summed E-state index contributed by atoms with van der Waals surface area (Å²) in [6.07, 6.45) is 0. The first kappa shape index (κ1) is 17.7. The molecule has 1 aromatic heterocycles. The van der Waals surface area contributed by atoms with Crippen molar-refractivity contribution in [3.05, 3.63) is 53.7 Å². The van der Waals surface area contributed by atoms with Gasteiger partial charge in [-0.25, -0.2) is 0 Å². The second-order valence-corrected chi connectivity index (χ2v) is 5.82. The fourth-order valence-electron chi connectivity index (χ4n) is 2.75. The van der Waals surface area contributed by atoms with Gasteiger partial charge < -0.3 is 24.5 Å². The Morgan fingerprint density at radius 1 is 1.00 bits per heavy atom. The lowest BCUT2D eigenvalue weighted by atomic mass is 10.1. The molecule has 0 atom stereocenters. The maximum atomic E-state index is 12.4. The Balaban J connectivity index is 1.57. The molecule has 0 aliphatic rings. The van der Waals surface area contributed by atoms with Crippen molar-refractivity contribution in [2.75, 3.05) is 27.4 Å². The summed E-state index contributed by atoms with van der Waals surface area (Å²) in [6, 6.07) is 13.0. The van der Waals surface area contributed by atoms with Crippen LogP contribution in [0.5, 0.6) is 17.2 Å². The number of aromatic amines is 1. The van der Waals surface area contributed by atoms with Crippen LogP contribution in [0.4, 0.5) is 0 Å². The highest BCUT2D eigenvalue weighted by atomic mass is 16.5. The molecule has 0 radical (unpaired) electrons. The smallest absolute Gasteiger partial charge is 0.268 e. The molecule has 2 aromatic carbocycles. The van der Waals surface area contributed by atoms with Crippen molar-refractivity contribution >= 4 is 16.8 Å². The van der Waals surface area contributed by atoms with E-state index < -0.39 is 0 Å². The van der Waals surface area contributed by atoms with Crippen molar-refractivity contribution in [2.24, 2.45) is 0 Å². The third-order valence-electron chi connectivity index (χ3n) is 4.21. The second-order valence-electron chi connectivity index (χ2n) is 5.82. The normalized spacial score (nSPS) is 10.6. The number of hydrogen-bond acceptors (Lipinski definition) is 4. The molecule has 1 amide bonds. The van der Waals surface area contributed by atoms with E-state index in [1.54, 1.807) is 14.2 Å². The standard InChI is InChI=1S/C20H22N2O4/c1-13-17-12-16(25-3)8-9-18(17)22-19(13)20(23)21-10-11-26-15-6-4-14(24-2)5-7-15/h4-9,12,22H,10-11H2,1-3H3,(H,21,23). The minimum absolute atomic E-state index is 0.156. The molecular formula is C20H22N2O4. The highest BCUT2D eigenvalue weighted by molar-refractivity contribution is 6.01. The Hall–Kier alpha value is -3.15. The number of carbonyl (C=O) groups is 1. The van der Waals surface area contributed by atoms with E-state index in [-0.39, 0.29) is 5.91 Å². The second kappa shape index (κ2) is 7.82. The van der Waals surface area contributed by atoms with Gasteiger partial charge in [-0.15, -0.1) is 0 Å². The van der Waals surface area contributed by atoms with E-state index in [4.69, 9.17) is 14.2 Å². The zero-order valence-electron chi connectivity index (χ0n) is 15.1. The molecule has 2 N–H and O–H groups in total. The van der Waals surface area contributed by atoms with E-state index in [2.05, 4.69) is 10.3 Å². The number of carbonyl (C=O) groups excluding carboxylic acids is 1. The Morgan fingerprint density at radius 2 is 1.65 bits per heavy atom. The van der Waals surface area contributed by atoms with Crippen molar-refractivity contribution in [3.63, 3.8) is 0 Å². The number of H-pyrrole nitrogens is 1. The van der Waals surface area contributed by atoms with Gasteiger partial charge in [0.25, 0.3) is 5.91 Å². The van der Waals surface area contributed by atoms with Gasteiger partial charge in [0.2, 0.25) is 0 Å². The molecule has 0 saturated carbocycles. The molecule has 0 spiro atoms. The molecule has 6 nitrogen and oxygen atoms in total. The predicted octanol–water partition coefficient (Wildman–Crippen LogP) is 3.30. The Labute approximate surface area is 152 Å². The molecule has 6 heteroatoms. The molecule has 136 valence electrons. The predicted molar refractivity (Wildman–Crippen MR) is 100 cm³/mol. The van der Waals surface area contributed by atoms with Crippen molar-refractivity contribution in [1.82, 2.24) is 10.3 Å². The first-order valence-corrected chi connectivity index (χ1v) is 8.33. The number of methoxy groups -OCH3 is 2. The number of amides is 1. The van der Waals surface area contributed by atoms with Crippen molar-refractivity contribution in [1.29, 1.82) is 0 Å². The van der Waals surface area contributed by atoms with Crippen LogP contribution >= 0.6 is 0 Å². The van der Waals surface area contributed by atoms with Crippen molar-refractivity contribution in [2.45, 2.75) is 6.92 Å². The minimum atomic E-state index is -0.156. The van der Waals surface area contributed by atoms with Crippen LogP contribution in [0, 0.1) is 6.92 Å². The maximum absolute atomic E-state index is 12.4. The third kappa shape index (κ3) is 3.74. The summed E-state index contributed by atoms with van der Waals surface area (Å²) in [6.45, 7) is 2.70. The number of nitrogens with one attached hydrogen (secondary N) is 2. The fourth-order valence-corrected chi connectivity index (χ4v) is 2.75. The first-order valence-electron chi connectivity index (χ1n) is 8.33. The van der Waals surface area contributed by atoms with E-state index >= 15 is 0 Å². The van der Waals surface area contributed by atoms with E-state index in [1.807, 2.05) is 49.4 Å². The number of rotatable bonds is 7. The van der Waals surface area contributed by atoms with E-state index in [0.29, 0.717) is 18.8 Å². The van der Waals surface area contributed by atoms with Gasteiger partial charge in [0.1, 0.15) is 29.5 Å². The van der Waals surface area contributed by atoms with E-state index in [9.17, 15) is 4.79 Å². The molecule has 0 unspecified atom stereocenters. The van der Waals surface area contributed by atoms with Gasteiger partial charge in [-0.2, -0.15) is 0 Å². The molecule has 0 fully saturated rings. The van der Waals surface area contributed by atoms with Crippen LogP contribution in [0.1, 0.15) is 16.1 Å². The summed E-state index contributed by atoms with van der Waals surface area (Å²) >= 11 is 0. The topological polar surface area (TPSA) is 72.6 Å². The largest absolute Gasteiger partial charge is 0.497 e. The number of aromatic nitrogens is 1. The summed E-state index contributed by atoms with van der Waals surface area (Å²) in [5.41, 5.74) is 2.35. The molecule has 1 heterocycles.